The molecule has 4 nitrogen and oxygen atoms in total. The predicted molar refractivity (Wildman–Crippen MR) is 130 cm³/mol. The van der Waals surface area contributed by atoms with Crippen molar-refractivity contribution in [2.24, 2.45) is 46.5 Å². The van der Waals surface area contributed by atoms with Crippen LogP contribution in [0.3, 0.4) is 0 Å². The lowest BCUT2D eigenvalue weighted by atomic mass is 9.50. The third-order valence-electron chi connectivity index (χ3n) is 10.1. The number of unbranched alkanes of at least 4 members (excludes halogenated alkanes) is 3. The van der Waals surface area contributed by atoms with Crippen LogP contribution in [0.2, 0.25) is 0 Å². The molecule has 0 radical (unpaired) electrons. The molecule has 0 unspecified atom stereocenters. The van der Waals surface area contributed by atoms with Gasteiger partial charge in [-0.2, -0.15) is 0 Å². The van der Waals surface area contributed by atoms with E-state index in [0.29, 0.717) is 11.5 Å². The largest absolute Gasteiger partial charge is 0.378 e. The van der Waals surface area contributed by atoms with Gasteiger partial charge in [0.25, 0.3) is 0 Å². The predicted octanol–water partition coefficient (Wildman–Crippen LogP) is 4.85. The second-order valence-electron chi connectivity index (χ2n) is 11.7. The van der Waals surface area contributed by atoms with E-state index in [2.05, 4.69) is 12.2 Å². The number of hydrogen-bond acceptors (Lipinski definition) is 4. The Balaban J connectivity index is 1.28. The molecule has 0 heterocycles. The zero-order chi connectivity index (χ0) is 21.7. The molecule has 0 bridgehead atoms. The van der Waals surface area contributed by atoms with E-state index < -0.39 is 0 Å². The summed E-state index contributed by atoms with van der Waals surface area (Å²) in [5.41, 5.74) is 11.8. The third-order valence-corrected chi connectivity index (χ3v) is 10.1. The Bertz CT molecular complexity index is 543. The number of nitrogens with two attached hydrogens (primary N) is 2. The molecule has 4 fully saturated rings. The summed E-state index contributed by atoms with van der Waals surface area (Å²) in [7, 11) is 0. The van der Waals surface area contributed by atoms with E-state index in [1.54, 1.807) is 0 Å². The summed E-state index contributed by atoms with van der Waals surface area (Å²) in [6.07, 6.45) is 19.5. The van der Waals surface area contributed by atoms with Crippen LogP contribution in [0, 0.1) is 35.0 Å². The molecule has 31 heavy (non-hydrogen) atoms. The maximum Gasteiger partial charge on any atom is 0.0578 e. The highest BCUT2D eigenvalue weighted by Gasteiger charge is 2.56. The minimum absolute atomic E-state index is 0.517. The van der Waals surface area contributed by atoms with E-state index in [1.165, 1.54) is 90.0 Å². The number of nitrogens with one attached hydrogen (secondary N) is 1. The summed E-state index contributed by atoms with van der Waals surface area (Å²) in [5.74, 6) is 4.92. The second kappa shape index (κ2) is 11.3. The van der Waals surface area contributed by atoms with E-state index in [0.717, 1.165) is 61.7 Å². The zero-order valence-electron chi connectivity index (χ0n) is 20.3. The molecule has 0 amide bonds. The van der Waals surface area contributed by atoms with Crippen LogP contribution >= 0.6 is 0 Å². The monoisotopic (exact) mass is 433 g/mol. The zero-order valence-corrected chi connectivity index (χ0v) is 20.3. The van der Waals surface area contributed by atoms with Gasteiger partial charge in [-0.25, -0.2) is 0 Å². The van der Waals surface area contributed by atoms with Gasteiger partial charge in [0, 0.05) is 12.6 Å². The van der Waals surface area contributed by atoms with Crippen molar-refractivity contribution in [1.29, 1.82) is 0 Å². The van der Waals surface area contributed by atoms with Crippen molar-refractivity contribution in [3.8, 4) is 0 Å². The second-order valence-corrected chi connectivity index (χ2v) is 11.7. The van der Waals surface area contributed by atoms with Crippen LogP contribution in [0.25, 0.3) is 0 Å². The highest BCUT2D eigenvalue weighted by atomic mass is 16.5. The Kier molecular flexibility index (Phi) is 8.75. The standard InChI is InChI=1S/C27H51N3O/c1-27-14-13-23-22-10-8-21(31-18-6-16-29)19-20(22)7-9-24(23)25(27)11-12-26(27)30-17-5-3-2-4-15-28/h20-26,30H,2-19,28-29H2,1H3/t20-,21-,22-,23+,24+,25-,26-,27-/m0/s1. The summed E-state index contributed by atoms with van der Waals surface area (Å²) in [4.78, 5) is 0. The fourth-order valence-electron chi connectivity index (χ4n) is 8.53. The van der Waals surface area contributed by atoms with E-state index in [1.807, 2.05) is 0 Å². The van der Waals surface area contributed by atoms with Crippen LogP contribution < -0.4 is 16.8 Å². The highest BCUT2D eigenvalue weighted by molar-refractivity contribution is 5.08. The number of hydrogen-bond donors (Lipinski definition) is 3. The molecule has 4 aliphatic carbocycles. The molecule has 4 rings (SSSR count). The van der Waals surface area contributed by atoms with Gasteiger partial charge >= 0.3 is 0 Å². The Hall–Kier alpha value is -0.160. The fraction of sp³-hybridized carbons (Fsp3) is 1.00. The van der Waals surface area contributed by atoms with Crippen LogP contribution in [-0.4, -0.2) is 38.4 Å². The topological polar surface area (TPSA) is 73.3 Å². The van der Waals surface area contributed by atoms with Crippen molar-refractivity contribution in [3.63, 3.8) is 0 Å². The molecule has 5 N–H and O–H groups in total. The lowest BCUT2D eigenvalue weighted by molar-refractivity contribution is -0.0843. The molecule has 0 saturated heterocycles. The minimum atomic E-state index is 0.517. The van der Waals surface area contributed by atoms with Crippen molar-refractivity contribution in [3.05, 3.63) is 0 Å². The molecule has 4 saturated carbocycles. The summed E-state index contributed by atoms with van der Waals surface area (Å²) >= 11 is 0. The van der Waals surface area contributed by atoms with Gasteiger partial charge in [-0.05, 0) is 132 Å². The van der Waals surface area contributed by atoms with Crippen LogP contribution in [0.15, 0.2) is 0 Å². The van der Waals surface area contributed by atoms with Crippen LogP contribution in [0.4, 0.5) is 0 Å². The molecule has 4 aliphatic rings. The van der Waals surface area contributed by atoms with Gasteiger partial charge < -0.3 is 21.5 Å². The first-order valence-electron chi connectivity index (χ1n) is 13.9. The van der Waals surface area contributed by atoms with E-state index in [-0.39, 0.29) is 0 Å². The van der Waals surface area contributed by atoms with Crippen molar-refractivity contribution < 1.29 is 4.74 Å². The minimum Gasteiger partial charge on any atom is -0.378 e. The van der Waals surface area contributed by atoms with E-state index in [9.17, 15) is 0 Å². The smallest absolute Gasteiger partial charge is 0.0578 e. The molecule has 8 atom stereocenters. The molecular formula is C27H51N3O. The first-order valence-corrected chi connectivity index (χ1v) is 13.9. The molecular weight excluding hydrogens is 382 g/mol. The molecule has 4 heteroatoms. The Morgan fingerprint density at radius 3 is 2.45 bits per heavy atom. The van der Waals surface area contributed by atoms with Crippen LogP contribution in [-0.2, 0) is 4.74 Å². The first kappa shape index (κ1) is 24.0. The SMILES string of the molecule is C[C@]12CC[C@H]3[C@@H](CC[C@H]4C[C@@H](OCCCN)CC[C@@H]43)[C@@H]1CC[C@@H]2NCCCCCCN. The average Bonchev–Trinajstić information content (AvgIpc) is 3.12. The highest BCUT2D eigenvalue weighted by Crippen LogP contribution is 2.62. The number of ether oxygens (including phenoxy) is 1. The third kappa shape index (κ3) is 5.34. The van der Waals surface area contributed by atoms with Crippen molar-refractivity contribution in [2.75, 3.05) is 26.2 Å². The van der Waals surface area contributed by atoms with Crippen molar-refractivity contribution in [2.45, 2.75) is 109 Å². The molecule has 0 aromatic heterocycles. The molecule has 0 spiro atoms. The maximum atomic E-state index is 6.18. The Morgan fingerprint density at radius 2 is 1.61 bits per heavy atom. The van der Waals surface area contributed by atoms with Gasteiger partial charge in [0.15, 0.2) is 0 Å². The van der Waals surface area contributed by atoms with Gasteiger partial charge in [0.1, 0.15) is 0 Å². The number of rotatable bonds is 11. The van der Waals surface area contributed by atoms with E-state index in [4.69, 9.17) is 16.2 Å². The van der Waals surface area contributed by atoms with Gasteiger partial charge in [-0.15, -0.1) is 0 Å². The number of fused-ring (bicyclic) bond motifs is 5. The molecule has 0 aromatic carbocycles. The summed E-state index contributed by atoms with van der Waals surface area (Å²) in [6.45, 7) is 6.34. The van der Waals surface area contributed by atoms with Crippen molar-refractivity contribution >= 4 is 0 Å². The fourth-order valence-corrected chi connectivity index (χ4v) is 8.53. The molecule has 0 aromatic rings. The maximum absolute atomic E-state index is 6.18. The quantitative estimate of drug-likeness (QED) is 0.407. The van der Waals surface area contributed by atoms with Crippen LogP contribution in [0.5, 0.6) is 0 Å². The van der Waals surface area contributed by atoms with Crippen LogP contribution in [0.1, 0.15) is 96.8 Å². The summed E-state index contributed by atoms with van der Waals surface area (Å²) in [6, 6.07) is 0.761. The summed E-state index contributed by atoms with van der Waals surface area (Å²) in [5, 5.41) is 4.02. The summed E-state index contributed by atoms with van der Waals surface area (Å²) < 4.78 is 6.18. The average molecular weight is 434 g/mol. The lowest BCUT2D eigenvalue weighted by Crippen LogP contribution is -2.52. The first-order chi connectivity index (χ1) is 15.2. The van der Waals surface area contributed by atoms with Crippen molar-refractivity contribution in [1.82, 2.24) is 5.32 Å². The van der Waals surface area contributed by atoms with Gasteiger partial charge in [0.2, 0.25) is 0 Å². The van der Waals surface area contributed by atoms with Gasteiger partial charge in [0.05, 0.1) is 6.10 Å². The Morgan fingerprint density at radius 1 is 0.806 bits per heavy atom. The Labute approximate surface area is 192 Å². The molecule has 180 valence electrons. The normalized spacial score (nSPS) is 42.1. The van der Waals surface area contributed by atoms with Gasteiger partial charge in [-0.3, -0.25) is 0 Å². The molecule has 0 aliphatic heterocycles. The van der Waals surface area contributed by atoms with Gasteiger partial charge in [-0.1, -0.05) is 19.8 Å². The lowest BCUT2D eigenvalue weighted by Gasteiger charge is -2.56. The van der Waals surface area contributed by atoms with E-state index >= 15 is 0 Å².